The minimum atomic E-state index is -3.73. The van der Waals surface area contributed by atoms with Crippen LogP contribution in [0.1, 0.15) is 16.8 Å². The zero-order valence-electron chi connectivity index (χ0n) is 12.9. The van der Waals surface area contributed by atoms with E-state index in [4.69, 9.17) is 0 Å². The number of halogens is 1. The Morgan fingerprint density at radius 1 is 1.29 bits per heavy atom. The number of amides is 1. The van der Waals surface area contributed by atoms with Crippen molar-refractivity contribution in [3.05, 3.63) is 42.5 Å². The smallest absolute Gasteiger partial charge is 0.251 e. The number of hydrogen-bond donors (Lipinski definition) is 2. The van der Waals surface area contributed by atoms with Crippen LogP contribution in [0.15, 0.2) is 41.8 Å². The fraction of sp³-hybridized carbons (Fsp3) is 0.357. The van der Waals surface area contributed by atoms with E-state index in [0.717, 1.165) is 0 Å². The van der Waals surface area contributed by atoms with Crippen LogP contribution < -0.4 is 10.0 Å². The number of nitrogens with one attached hydrogen (secondary N) is 2. The Hall–Kier alpha value is -2.33. The predicted molar refractivity (Wildman–Crippen MR) is 84.6 cm³/mol. The monoisotopic (exact) mass is 355 g/mol. The first-order chi connectivity index (χ1) is 11.5. The number of nitrogens with zero attached hydrogens (tertiary/aromatic N) is 3. The first kappa shape index (κ1) is 18.0. The molecule has 130 valence electrons. The lowest BCUT2D eigenvalue weighted by molar-refractivity contribution is 0.0950. The maximum Gasteiger partial charge on any atom is 0.251 e. The molecule has 0 saturated carbocycles. The summed E-state index contributed by atoms with van der Waals surface area (Å²) in [5.74, 6) is -0.518. The summed E-state index contributed by atoms with van der Waals surface area (Å²) in [7, 11) is -3.73. The van der Waals surface area contributed by atoms with Gasteiger partial charge in [0, 0.05) is 25.2 Å². The van der Waals surface area contributed by atoms with E-state index >= 15 is 0 Å². The average molecular weight is 355 g/mol. The highest BCUT2D eigenvalue weighted by Gasteiger charge is 2.15. The minimum Gasteiger partial charge on any atom is -0.349 e. The summed E-state index contributed by atoms with van der Waals surface area (Å²) in [4.78, 5) is 15.5. The Balaban J connectivity index is 1.94. The van der Waals surface area contributed by atoms with Crippen LogP contribution in [0.3, 0.4) is 0 Å². The molecular weight excluding hydrogens is 337 g/mol. The molecule has 0 aliphatic rings. The van der Waals surface area contributed by atoms with Gasteiger partial charge in [0.25, 0.3) is 5.91 Å². The van der Waals surface area contributed by atoms with Crippen molar-refractivity contribution in [2.75, 3.05) is 19.8 Å². The minimum absolute atomic E-state index is 0.0174. The van der Waals surface area contributed by atoms with Crippen LogP contribution in [0.4, 0.5) is 4.39 Å². The first-order valence-corrected chi connectivity index (χ1v) is 8.77. The number of aryl methyl sites for hydroxylation is 1. The van der Waals surface area contributed by atoms with Crippen molar-refractivity contribution in [1.29, 1.82) is 0 Å². The van der Waals surface area contributed by atoms with E-state index in [1.807, 2.05) is 0 Å². The molecule has 2 aromatic rings. The lowest BCUT2D eigenvalue weighted by Crippen LogP contribution is -2.27. The predicted octanol–water partition coefficient (Wildman–Crippen LogP) is 0.346. The summed E-state index contributed by atoms with van der Waals surface area (Å²) in [5, 5.41) is 6.27. The Kier molecular flexibility index (Phi) is 6.38. The molecule has 8 nitrogen and oxygen atoms in total. The van der Waals surface area contributed by atoms with E-state index in [0.29, 0.717) is 13.0 Å². The van der Waals surface area contributed by atoms with E-state index in [9.17, 15) is 17.6 Å². The maximum absolute atomic E-state index is 12.2. The molecule has 1 aromatic carbocycles. The zero-order valence-corrected chi connectivity index (χ0v) is 13.7. The largest absolute Gasteiger partial charge is 0.349 e. The number of carbonyl (C=O) groups excluding carboxylic acids is 1. The van der Waals surface area contributed by atoms with Crippen LogP contribution in [0.5, 0.6) is 0 Å². The van der Waals surface area contributed by atoms with Crippen molar-refractivity contribution >= 4 is 15.9 Å². The van der Waals surface area contributed by atoms with Crippen molar-refractivity contribution in [2.24, 2.45) is 0 Å². The van der Waals surface area contributed by atoms with Crippen LogP contribution in [0.2, 0.25) is 0 Å². The van der Waals surface area contributed by atoms with Gasteiger partial charge in [-0.2, -0.15) is 5.10 Å². The first-order valence-electron chi connectivity index (χ1n) is 7.29. The van der Waals surface area contributed by atoms with Crippen molar-refractivity contribution in [3.63, 3.8) is 0 Å². The van der Waals surface area contributed by atoms with Crippen LogP contribution in [-0.2, 0) is 16.6 Å². The normalized spacial score (nSPS) is 11.4. The Morgan fingerprint density at radius 3 is 2.83 bits per heavy atom. The lowest BCUT2D eigenvalue weighted by atomic mass is 10.2. The number of rotatable bonds is 9. The highest BCUT2D eigenvalue weighted by molar-refractivity contribution is 7.89. The molecule has 0 radical (unpaired) electrons. The molecule has 0 spiro atoms. The number of aromatic nitrogens is 3. The quantitative estimate of drug-likeness (QED) is 0.631. The maximum atomic E-state index is 12.2. The van der Waals surface area contributed by atoms with E-state index in [1.54, 1.807) is 11.0 Å². The van der Waals surface area contributed by atoms with Gasteiger partial charge in [-0.15, -0.1) is 0 Å². The third-order valence-corrected chi connectivity index (χ3v) is 4.57. The summed E-state index contributed by atoms with van der Waals surface area (Å²) in [6.07, 6.45) is 3.50. The van der Waals surface area contributed by atoms with Crippen LogP contribution in [0, 0.1) is 0 Å². The Morgan fingerprint density at radius 2 is 2.12 bits per heavy atom. The van der Waals surface area contributed by atoms with Gasteiger partial charge in [0.2, 0.25) is 10.0 Å². The number of sulfonamides is 1. The average Bonchev–Trinajstić information content (AvgIpc) is 3.10. The van der Waals surface area contributed by atoms with Gasteiger partial charge in [-0.25, -0.2) is 22.5 Å². The number of alkyl halides is 1. The third-order valence-electron chi connectivity index (χ3n) is 3.11. The number of benzene rings is 1. The topological polar surface area (TPSA) is 106 Å². The van der Waals surface area contributed by atoms with Crippen LogP contribution in [-0.4, -0.2) is 48.9 Å². The molecule has 0 unspecified atom stereocenters. The molecule has 0 fully saturated rings. The van der Waals surface area contributed by atoms with Gasteiger partial charge in [-0.3, -0.25) is 9.48 Å². The second-order valence-electron chi connectivity index (χ2n) is 4.88. The molecule has 1 aromatic heterocycles. The lowest BCUT2D eigenvalue weighted by Gasteiger charge is -2.08. The standard InChI is InChI=1S/C14H18FN5O3S/c15-5-7-17-14(21)12-3-1-4-13(9-12)24(22,23)19-6-2-8-20-11-16-10-18-20/h1,3-4,9-11,19H,2,5-8H2,(H,17,21). The molecule has 24 heavy (non-hydrogen) atoms. The molecule has 2 N–H and O–H groups in total. The molecule has 10 heteroatoms. The van der Waals surface area contributed by atoms with Crippen LogP contribution >= 0.6 is 0 Å². The van der Waals surface area contributed by atoms with Gasteiger partial charge in [0.05, 0.1) is 4.90 Å². The summed E-state index contributed by atoms with van der Waals surface area (Å²) >= 11 is 0. The van der Waals surface area contributed by atoms with Crippen molar-refractivity contribution in [2.45, 2.75) is 17.9 Å². The highest BCUT2D eigenvalue weighted by atomic mass is 32.2. The molecule has 2 rings (SSSR count). The molecular formula is C14H18FN5O3S. The molecule has 0 bridgehead atoms. The van der Waals surface area contributed by atoms with Gasteiger partial charge in [-0.1, -0.05) is 6.07 Å². The van der Waals surface area contributed by atoms with E-state index in [1.165, 1.54) is 30.6 Å². The summed E-state index contributed by atoms with van der Waals surface area (Å²) in [6.45, 7) is -0.0396. The Bertz CT molecular complexity index is 764. The zero-order chi connectivity index (χ0) is 17.4. The molecule has 1 heterocycles. The number of carbonyl (C=O) groups is 1. The van der Waals surface area contributed by atoms with Crippen molar-refractivity contribution in [1.82, 2.24) is 24.8 Å². The highest BCUT2D eigenvalue weighted by Crippen LogP contribution is 2.11. The van der Waals surface area contributed by atoms with Gasteiger partial charge in [0.15, 0.2) is 0 Å². The van der Waals surface area contributed by atoms with Gasteiger partial charge in [-0.05, 0) is 24.6 Å². The molecule has 0 aliphatic carbocycles. The van der Waals surface area contributed by atoms with Crippen molar-refractivity contribution in [3.8, 4) is 0 Å². The second kappa shape index (κ2) is 8.50. The second-order valence-corrected chi connectivity index (χ2v) is 6.65. The fourth-order valence-corrected chi connectivity index (χ4v) is 3.07. The van der Waals surface area contributed by atoms with E-state index in [2.05, 4.69) is 20.1 Å². The molecule has 0 aliphatic heterocycles. The van der Waals surface area contributed by atoms with Gasteiger partial charge < -0.3 is 5.32 Å². The summed E-state index contributed by atoms with van der Waals surface area (Å²) in [6, 6.07) is 5.59. The molecule has 0 atom stereocenters. The summed E-state index contributed by atoms with van der Waals surface area (Å²) in [5.41, 5.74) is 0.161. The van der Waals surface area contributed by atoms with E-state index < -0.39 is 22.6 Å². The van der Waals surface area contributed by atoms with Crippen molar-refractivity contribution < 1.29 is 17.6 Å². The van der Waals surface area contributed by atoms with Crippen LogP contribution in [0.25, 0.3) is 0 Å². The summed E-state index contributed by atoms with van der Waals surface area (Å²) < 4.78 is 40.6. The SMILES string of the molecule is O=C(NCCF)c1cccc(S(=O)(=O)NCCCn2cncn2)c1. The van der Waals surface area contributed by atoms with Gasteiger partial charge in [0.1, 0.15) is 19.3 Å². The Labute approximate surface area is 139 Å². The third kappa shape index (κ3) is 5.10. The van der Waals surface area contributed by atoms with E-state index in [-0.39, 0.29) is 23.5 Å². The molecule has 0 saturated heterocycles. The van der Waals surface area contributed by atoms with Gasteiger partial charge >= 0.3 is 0 Å². The fourth-order valence-electron chi connectivity index (χ4n) is 1.95. The molecule has 1 amide bonds. The number of hydrogen-bond acceptors (Lipinski definition) is 5.